The van der Waals surface area contributed by atoms with Crippen molar-refractivity contribution < 1.29 is 39.6 Å². The van der Waals surface area contributed by atoms with Crippen molar-refractivity contribution in [1.82, 2.24) is 0 Å². The monoisotopic (exact) mass is 376 g/mol. The van der Waals surface area contributed by atoms with Gasteiger partial charge in [0, 0.05) is 25.7 Å². The summed E-state index contributed by atoms with van der Waals surface area (Å²) in [4.78, 5) is 40.2. The van der Waals surface area contributed by atoms with E-state index in [-0.39, 0.29) is 25.7 Å². The van der Waals surface area contributed by atoms with Crippen LogP contribution in [-0.4, -0.2) is 44.3 Å². The normalized spacial score (nSPS) is 9.85. The summed E-state index contributed by atoms with van der Waals surface area (Å²) in [7, 11) is 0. The fourth-order valence-electron chi connectivity index (χ4n) is 2.17. The number of carboxylic acids is 4. The zero-order valence-corrected chi connectivity index (χ0v) is 15.3. The molecular formula is C18H32O8. The predicted octanol–water partition coefficient (Wildman–Crippen LogP) is 3.77. The van der Waals surface area contributed by atoms with Crippen molar-refractivity contribution in [1.29, 1.82) is 0 Å². The Kier molecular flexibility index (Phi) is 19.3. The first-order valence-electron chi connectivity index (χ1n) is 9.13. The van der Waals surface area contributed by atoms with Crippen LogP contribution in [0.25, 0.3) is 0 Å². The van der Waals surface area contributed by atoms with Gasteiger partial charge in [-0.25, -0.2) is 0 Å². The Hall–Kier alpha value is -2.12. The van der Waals surface area contributed by atoms with Gasteiger partial charge in [-0.1, -0.05) is 38.5 Å². The number of aliphatic carboxylic acids is 4. The third-order valence-electron chi connectivity index (χ3n) is 3.56. The first-order valence-corrected chi connectivity index (χ1v) is 9.13. The largest absolute Gasteiger partial charge is 0.481 e. The Balaban J connectivity index is 0. The molecule has 0 fully saturated rings. The van der Waals surface area contributed by atoms with Gasteiger partial charge in [-0.3, -0.25) is 19.2 Å². The van der Waals surface area contributed by atoms with Crippen molar-refractivity contribution in [3.63, 3.8) is 0 Å². The zero-order chi connectivity index (χ0) is 20.2. The highest BCUT2D eigenvalue weighted by atomic mass is 16.4. The molecule has 26 heavy (non-hydrogen) atoms. The number of hydrogen-bond acceptors (Lipinski definition) is 4. The molecule has 0 atom stereocenters. The van der Waals surface area contributed by atoms with Crippen LogP contribution in [0.4, 0.5) is 0 Å². The topological polar surface area (TPSA) is 149 Å². The SMILES string of the molecule is O=C(O)CCCCC(=O)O.O=C(O)CCCCCCCCCCC(=O)O. The van der Waals surface area contributed by atoms with Gasteiger partial charge in [-0.15, -0.1) is 0 Å². The molecule has 0 spiro atoms. The van der Waals surface area contributed by atoms with Crippen LogP contribution in [0, 0.1) is 0 Å². The lowest BCUT2D eigenvalue weighted by atomic mass is 10.1. The minimum absolute atomic E-state index is 0.0628. The lowest BCUT2D eigenvalue weighted by Gasteiger charge is -2.00. The minimum Gasteiger partial charge on any atom is -0.481 e. The van der Waals surface area contributed by atoms with E-state index in [1.807, 2.05) is 0 Å². The van der Waals surface area contributed by atoms with Crippen molar-refractivity contribution in [2.24, 2.45) is 0 Å². The second kappa shape index (κ2) is 19.2. The van der Waals surface area contributed by atoms with Crippen LogP contribution in [0.15, 0.2) is 0 Å². The fraction of sp³-hybridized carbons (Fsp3) is 0.778. The Labute approximate surface area is 154 Å². The first kappa shape index (κ1) is 26.1. The van der Waals surface area contributed by atoms with Crippen LogP contribution in [0.5, 0.6) is 0 Å². The van der Waals surface area contributed by atoms with E-state index in [2.05, 4.69) is 0 Å². The Morgan fingerprint density at radius 3 is 0.692 bits per heavy atom. The highest BCUT2D eigenvalue weighted by Gasteiger charge is 1.99. The molecule has 0 aromatic rings. The van der Waals surface area contributed by atoms with Crippen molar-refractivity contribution in [3.05, 3.63) is 0 Å². The Morgan fingerprint density at radius 1 is 0.346 bits per heavy atom. The zero-order valence-electron chi connectivity index (χ0n) is 15.3. The standard InChI is InChI=1S/C12H22O4.C6H10O4/c13-11(14)9-7-5-3-1-2-4-6-8-10-12(15)16;7-5(8)3-1-2-4-6(9)10/h1-10H2,(H,13,14)(H,15,16);1-4H2,(H,7,8)(H,9,10). The predicted molar refractivity (Wildman–Crippen MR) is 95.2 cm³/mol. The van der Waals surface area contributed by atoms with E-state index in [0.717, 1.165) is 51.4 Å². The maximum Gasteiger partial charge on any atom is 0.303 e. The third kappa shape index (κ3) is 29.8. The van der Waals surface area contributed by atoms with E-state index >= 15 is 0 Å². The number of unbranched alkanes of at least 4 members (excludes halogenated alkanes) is 8. The molecule has 0 rings (SSSR count). The van der Waals surface area contributed by atoms with E-state index in [1.165, 1.54) is 0 Å². The van der Waals surface area contributed by atoms with Gasteiger partial charge in [0.15, 0.2) is 0 Å². The van der Waals surface area contributed by atoms with Crippen LogP contribution < -0.4 is 0 Å². The maximum atomic E-state index is 10.2. The highest BCUT2D eigenvalue weighted by molar-refractivity contribution is 5.68. The number of carbonyl (C=O) groups is 4. The quantitative estimate of drug-likeness (QED) is 0.297. The number of carboxylic acid groups (broad SMARTS) is 4. The van der Waals surface area contributed by atoms with Gasteiger partial charge in [0.1, 0.15) is 0 Å². The van der Waals surface area contributed by atoms with Crippen molar-refractivity contribution in [2.75, 3.05) is 0 Å². The summed E-state index contributed by atoms with van der Waals surface area (Å²) >= 11 is 0. The molecule has 0 heterocycles. The van der Waals surface area contributed by atoms with Gasteiger partial charge >= 0.3 is 23.9 Å². The summed E-state index contributed by atoms with van der Waals surface area (Å²) in [6.07, 6.45) is 9.53. The first-order chi connectivity index (χ1) is 12.3. The maximum absolute atomic E-state index is 10.2. The average Bonchev–Trinajstić information content (AvgIpc) is 2.53. The third-order valence-corrected chi connectivity index (χ3v) is 3.56. The molecule has 152 valence electrons. The van der Waals surface area contributed by atoms with Crippen LogP contribution in [0.1, 0.15) is 89.9 Å². The Morgan fingerprint density at radius 2 is 0.500 bits per heavy atom. The molecule has 0 saturated carbocycles. The van der Waals surface area contributed by atoms with Gasteiger partial charge in [0.2, 0.25) is 0 Å². The van der Waals surface area contributed by atoms with Crippen molar-refractivity contribution >= 4 is 23.9 Å². The highest BCUT2D eigenvalue weighted by Crippen LogP contribution is 2.10. The molecule has 0 aromatic heterocycles. The molecule has 0 unspecified atom stereocenters. The minimum atomic E-state index is -0.870. The van der Waals surface area contributed by atoms with Crippen molar-refractivity contribution in [3.8, 4) is 0 Å². The molecule has 4 N–H and O–H groups in total. The molecule has 0 aliphatic carbocycles. The van der Waals surface area contributed by atoms with Crippen LogP contribution in [-0.2, 0) is 19.2 Å². The lowest BCUT2D eigenvalue weighted by Crippen LogP contribution is -1.97. The molecule has 8 heteroatoms. The van der Waals surface area contributed by atoms with E-state index in [9.17, 15) is 19.2 Å². The second-order valence-corrected chi connectivity index (χ2v) is 6.11. The second-order valence-electron chi connectivity index (χ2n) is 6.11. The molecule has 0 bridgehead atoms. The molecule has 8 nitrogen and oxygen atoms in total. The molecule has 0 aliphatic rings. The van der Waals surface area contributed by atoms with Crippen LogP contribution in [0.2, 0.25) is 0 Å². The molecule has 0 aromatic carbocycles. The van der Waals surface area contributed by atoms with Gasteiger partial charge in [0.05, 0.1) is 0 Å². The summed E-state index contributed by atoms with van der Waals surface area (Å²) in [5.74, 6) is -3.17. The lowest BCUT2D eigenvalue weighted by molar-refractivity contribution is -0.139. The van der Waals surface area contributed by atoms with E-state index in [0.29, 0.717) is 12.8 Å². The summed E-state index contributed by atoms with van der Waals surface area (Å²) in [5.41, 5.74) is 0. The molecule has 0 saturated heterocycles. The van der Waals surface area contributed by atoms with E-state index in [4.69, 9.17) is 20.4 Å². The van der Waals surface area contributed by atoms with E-state index < -0.39 is 23.9 Å². The Bertz CT molecular complexity index is 368. The summed E-state index contributed by atoms with van der Waals surface area (Å²) in [6.45, 7) is 0. The summed E-state index contributed by atoms with van der Waals surface area (Å²) in [5, 5.41) is 33.1. The van der Waals surface area contributed by atoms with E-state index in [1.54, 1.807) is 0 Å². The van der Waals surface area contributed by atoms with Crippen molar-refractivity contribution in [2.45, 2.75) is 89.9 Å². The van der Waals surface area contributed by atoms with Crippen LogP contribution in [0.3, 0.4) is 0 Å². The summed E-state index contributed by atoms with van der Waals surface area (Å²) in [6, 6.07) is 0. The van der Waals surface area contributed by atoms with Gasteiger partial charge in [0.25, 0.3) is 0 Å². The number of hydrogen-bond donors (Lipinski definition) is 4. The summed E-state index contributed by atoms with van der Waals surface area (Å²) < 4.78 is 0. The molecule has 0 amide bonds. The smallest absolute Gasteiger partial charge is 0.303 e. The number of rotatable bonds is 16. The van der Waals surface area contributed by atoms with Crippen LogP contribution >= 0.6 is 0 Å². The van der Waals surface area contributed by atoms with Gasteiger partial charge in [-0.05, 0) is 25.7 Å². The molecule has 0 radical (unpaired) electrons. The molecular weight excluding hydrogens is 344 g/mol. The fourth-order valence-corrected chi connectivity index (χ4v) is 2.17. The molecule has 0 aliphatic heterocycles. The van der Waals surface area contributed by atoms with Gasteiger partial charge in [-0.2, -0.15) is 0 Å². The average molecular weight is 376 g/mol. The van der Waals surface area contributed by atoms with Gasteiger partial charge < -0.3 is 20.4 Å².